The third-order valence-electron chi connectivity index (χ3n) is 5.95. The van der Waals surface area contributed by atoms with Crippen LogP contribution in [-0.2, 0) is 21.4 Å². The van der Waals surface area contributed by atoms with Crippen LogP contribution < -0.4 is 10.1 Å². The molecule has 4 rings (SSSR count). The average molecular weight is 485 g/mol. The van der Waals surface area contributed by atoms with Gasteiger partial charge in [0.1, 0.15) is 5.75 Å². The Morgan fingerprint density at radius 3 is 2.79 bits per heavy atom. The Morgan fingerprint density at radius 1 is 1.24 bits per heavy atom. The molecule has 1 N–H and O–H groups in total. The summed E-state index contributed by atoms with van der Waals surface area (Å²) in [5.74, 6) is 0.879. The van der Waals surface area contributed by atoms with Gasteiger partial charge in [-0.15, -0.1) is 0 Å². The van der Waals surface area contributed by atoms with Gasteiger partial charge in [-0.05, 0) is 49.1 Å². The Bertz CT molecular complexity index is 1290. The maximum absolute atomic E-state index is 13.5. The van der Waals surface area contributed by atoms with Crippen LogP contribution in [0.5, 0.6) is 5.75 Å². The van der Waals surface area contributed by atoms with Gasteiger partial charge in [-0.1, -0.05) is 29.4 Å². The third-order valence-corrected chi connectivity index (χ3v) is 7.95. The Kier molecular flexibility index (Phi) is 6.99. The first-order valence-corrected chi connectivity index (χ1v) is 12.5. The summed E-state index contributed by atoms with van der Waals surface area (Å²) in [5.41, 5.74) is 2.09. The van der Waals surface area contributed by atoms with Gasteiger partial charge in [-0.25, -0.2) is 8.42 Å². The SMILES string of the molecule is COc1cccc(CNC(=O)C2CCCN(S(=O)(=O)c3cc(-c4noc(C)n4)ccc3C)C2)c1. The molecule has 1 aliphatic heterocycles. The minimum Gasteiger partial charge on any atom is -0.497 e. The molecule has 34 heavy (non-hydrogen) atoms. The number of ether oxygens (including phenoxy) is 1. The number of benzene rings is 2. The molecule has 10 heteroatoms. The van der Waals surface area contributed by atoms with Gasteiger partial charge in [0.05, 0.1) is 17.9 Å². The molecule has 0 aliphatic carbocycles. The fraction of sp³-hybridized carbons (Fsp3) is 0.375. The normalized spacial score (nSPS) is 16.9. The number of piperidine rings is 1. The molecule has 2 heterocycles. The molecule has 0 saturated carbocycles. The highest BCUT2D eigenvalue weighted by molar-refractivity contribution is 7.89. The molecule has 1 aliphatic rings. The Balaban J connectivity index is 1.48. The summed E-state index contributed by atoms with van der Waals surface area (Å²) in [4.78, 5) is 17.2. The number of carbonyl (C=O) groups is 1. The Morgan fingerprint density at radius 2 is 2.06 bits per heavy atom. The van der Waals surface area contributed by atoms with E-state index in [4.69, 9.17) is 9.26 Å². The van der Waals surface area contributed by atoms with Crippen LogP contribution in [0.15, 0.2) is 51.9 Å². The number of nitrogens with zero attached hydrogens (tertiary/aromatic N) is 3. The Hall–Kier alpha value is -3.24. The fourth-order valence-electron chi connectivity index (χ4n) is 4.06. The minimum absolute atomic E-state index is 0.136. The molecule has 0 spiro atoms. The smallest absolute Gasteiger partial charge is 0.243 e. The number of rotatable bonds is 7. The van der Waals surface area contributed by atoms with Crippen molar-refractivity contribution in [1.29, 1.82) is 0 Å². The number of amides is 1. The molecule has 1 aromatic heterocycles. The number of carbonyl (C=O) groups excluding carboxylic acids is 1. The van der Waals surface area contributed by atoms with E-state index in [2.05, 4.69) is 15.5 Å². The van der Waals surface area contributed by atoms with E-state index in [0.717, 1.165) is 11.3 Å². The van der Waals surface area contributed by atoms with Crippen LogP contribution in [0.3, 0.4) is 0 Å². The van der Waals surface area contributed by atoms with Crippen molar-refractivity contribution < 1.29 is 22.5 Å². The van der Waals surface area contributed by atoms with Gasteiger partial charge in [0, 0.05) is 32.1 Å². The van der Waals surface area contributed by atoms with Crippen molar-refractivity contribution in [2.24, 2.45) is 5.92 Å². The van der Waals surface area contributed by atoms with Gasteiger partial charge >= 0.3 is 0 Å². The van der Waals surface area contributed by atoms with Crippen molar-refractivity contribution >= 4 is 15.9 Å². The lowest BCUT2D eigenvalue weighted by Gasteiger charge is -2.31. The van der Waals surface area contributed by atoms with Crippen molar-refractivity contribution in [3.63, 3.8) is 0 Å². The van der Waals surface area contributed by atoms with E-state index < -0.39 is 15.9 Å². The lowest BCUT2D eigenvalue weighted by atomic mass is 9.99. The zero-order valence-electron chi connectivity index (χ0n) is 19.4. The summed E-state index contributed by atoms with van der Waals surface area (Å²) in [5, 5.41) is 6.82. The summed E-state index contributed by atoms with van der Waals surface area (Å²) in [7, 11) is -2.22. The number of sulfonamides is 1. The molecule has 1 amide bonds. The topological polar surface area (TPSA) is 115 Å². The summed E-state index contributed by atoms with van der Waals surface area (Å²) < 4.78 is 38.7. The van der Waals surface area contributed by atoms with Crippen LogP contribution in [0.4, 0.5) is 0 Å². The van der Waals surface area contributed by atoms with Crippen molar-refractivity contribution in [1.82, 2.24) is 19.8 Å². The highest BCUT2D eigenvalue weighted by atomic mass is 32.2. The quantitative estimate of drug-likeness (QED) is 0.548. The predicted molar refractivity (Wildman–Crippen MR) is 126 cm³/mol. The number of aromatic nitrogens is 2. The van der Waals surface area contributed by atoms with Crippen molar-refractivity contribution in [2.75, 3.05) is 20.2 Å². The van der Waals surface area contributed by atoms with E-state index in [1.54, 1.807) is 39.2 Å². The van der Waals surface area contributed by atoms with Crippen LogP contribution in [0.25, 0.3) is 11.4 Å². The van der Waals surface area contributed by atoms with Crippen molar-refractivity contribution in [3.8, 4) is 17.1 Å². The molecular weight excluding hydrogens is 456 g/mol. The molecule has 1 fully saturated rings. The lowest BCUT2D eigenvalue weighted by Crippen LogP contribution is -2.45. The molecule has 1 atom stereocenters. The molecule has 0 radical (unpaired) electrons. The fourth-order valence-corrected chi connectivity index (χ4v) is 5.84. The summed E-state index contributed by atoms with van der Waals surface area (Å²) in [6, 6.07) is 12.5. The second-order valence-electron chi connectivity index (χ2n) is 8.39. The first-order valence-electron chi connectivity index (χ1n) is 11.1. The van der Waals surface area contributed by atoms with Gasteiger partial charge in [0.2, 0.25) is 27.6 Å². The molecule has 0 bridgehead atoms. The van der Waals surface area contributed by atoms with Gasteiger partial charge in [-0.3, -0.25) is 4.79 Å². The zero-order chi connectivity index (χ0) is 24.3. The largest absolute Gasteiger partial charge is 0.497 e. The Labute approximate surface area is 199 Å². The monoisotopic (exact) mass is 484 g/mol. The first kappa shape index (κ1) is 23.9. The van der Waals surface area contributed by atoms with E-state index in [1.165, 1.54) is 4.31 Å². The first-order chi connectivity index (χ1) is 16.3. The second kappa shape index (κ2) is 9.94. The minimum atomic E-state index is -3.81. The molecule has 1 saturated heterocycles. The van der Waals surface area contributed by atoms with Crippen molar-refractivity contribution in [3.05, 3.63) is 59.5 Å². The standard InChI is InChI=1S/C24H28N4O5S/c1-16-9-10-19(23-26-17(2)33-27-23)13-22(16)34(30,31)28-11-5-7-20(15-28)24(29)25-14-18-6-4-8-21(12-18)32-3/h4,6,8-10,12-13,20H,5,7,11,14-15H2,1-3H3,(H,25,29). The van der Waals surface area contributed by atoms with Crippen LogP contribution in [-0.4, -0.2) is 49.0 Å². The van der Waals surface area contributed by atoms with Gasteiger partial charge in [-0.2, -0.15) is 9.29 Å². The van der Waals surface area contributed by atoms with E-state index in [0.29, 0.717) is 48.8 Å². The number of nitrogens with one attached hydrogen (secondary N) is 1. The number of hydrogen-bond acceptors (Lipinski definition) is 7. The summed E-state index contributed by atoms with van der Waals surface area (Å²) in [6.07, 6.45) is 1.25. The molecule has 9 nitrogen and oxygen atoms in total. The molecule has 180 valence electrons. The van der Waals surface area contributed by atoms with Crippen molar-refractivity contribution in [2.45, 2.75) is 38.1 Å². The molecule has 1 unspecified atom stereocenters. The highest BCUT2D eigenvalue weighted by Gasteiger charge is 2.34. The number of hydrogen-bond donors (Lipinski definition) is 1. The number of methoxy groups -OCH3 is 1. The summed E-state index contributed by atoms with van der Waals surface area (Å²) in [6.45, 7) is 4.28. The molecule has 3 aromatic rings. The maximum Gasteiger partial charge on any atom is 0.243 e. The highest BCUT2D eigenvalue weighted by Crippen LogP contribution is 2.29. The molecular formula is C24H28N4O5S. The number of aryl methyl sites for hydroxylation is 2. The van der Waals surface area contributed by atoms with Crippen LogP contribution in [0.1, 0.15) is 29.9 Å². The van der Waals surface area contributed by atoms with Crippen LogP contribution in [0.2, 0.25) is 0 Å². The van der Waals surface area contributed by atoms with Gasteiger partial charge in [0.15, 0.2) is 0 Å². The van der Waals surface area contributed by atoms with E-state index >= 15 is 0 Å². The molecule has 2 aromatic carbocycles. The maximum atomic E-state index is 13.5. The second-order valence-corrected chi connectivity index (χ2v) is 10.3. The van der Waals surface area contributed by atoms with E-state index in [1.807, 2.05) is 24.3 Å². The van der Waals surface area contributed by atoms with Gasteiger partial charge in [0.25, 0.3) is 0 Å². The van der Waals surface area contributed by atoms with Crippen LogP contribution in [0, 0.1) is 19.8 Å². The van der Waals surface area contributed by atoms with Gasteiger partial charge < -0.3 is 14.6 Å². The third kappa shape index (κ3) is 5.13. The zero-order valence-corrected chi connectivity index (χ0v) is 20.3. The van der Waals surface area contributed by atoms with E-state index in [9.17, 15) is 13.2 Å². The summed E-state index contributed by atoms with van der Waals surface area (Å²) >= 11 is 0. The average Bonchev–Trinajstić information content (AvgIpc) is 3.29. The van der Waals surface area contributed by atoms with Crippen LogP contribution >= 0.6 is 0 Å². The van der Waals surface area contributed by atoms with E-state index in [-0.39, 0.29) is 17.3 Å². The lowest BCUT2D eigenvalue weighted by molar-refractivity contribution is -0.126. The predicted octanol–water partition coefficient (Wildman–Crippen LogP) is 3.08.